The van der Waals surface area contributed by atoms with Crippen LogP contribution in [0.25, 0.3) is 0 Å². The number of rotatable bonds is 4. The fraction of sp³-hybridized carbons (Fsp3) is 0.273. The van der Waals surface area contributed by atoms with Gasteiger partial charge in [0.15, 0.2) is 0 Å². The minimum absolute atomic E-state index is 0.0112. The molecule has 0 saturated carbocycles. The second kappa shape index (κ2) is 6.70. The number of hydrogen-bond acceptors (Lipinski definition) is 3. The normalized spacial score (nSPS) is 13.7. The van der Waals surface area contributed by atoms with Crippen molar-refractivity contribution in [3.8, 4) is 0 Å². The maximum atomic E-state index is 13.0. The number of aldehydes is 1. The second-order valence-electron chi connectivity index (χ2n) is 2.89. The number of carbonyl (C=O) groups excluding carboxylic acids is 2. The van der Waals surface area contributed by atoms with E-state index in [1.165, 1.54) is 26.2 Å². The van der Waals surface area contributed by atoms with Gasteiger partial charge in [0.2, 0.25) is 0 Å². The van der Waals surface area contributed by atoms with Crippen LogP contribution in [0.1, 0.15) is 13.8 Å². The summed E-state index contributed by atoms with van der Waals surface area (Å²) >= 11 is 0. The Bertz CT molecular complexity index is 338. The third-order valence-electron chi connectivity index (χ3n) is 1.59. The van der Waals surface area contributed by atoms with E-state index >= 15 is 0 Å². The Morgan fingerprint density at radius 2 is 1.87 bits per heavy atom. The summed E-state index contributed by atoms with van der Waals surface area (Å²) in [6, 6.07) is 0. The van der Waals surface area contributed by atoms with Gasteiger partial charge in [-0.25, -0.2) is 9.18 Å². The van der Waals surface area contributed by atoms with Crippen molar-refractivity contribution in [2.24, 2.45) is 0 Å². The molecule has 0 bridgehead atoms. The molecule has 4 heteroatoms. The molecule has 82 valence electrons. The lowest BCUT2D eigenvalue weighted by atomic mass is 10.2. The van der Waals surface area contributed by atoms with Crippen LogP contribution >= 0.6 is 0 Å². The molecule has 0 N–H and O–H groups in total. The molecule has 0 atom stereocenters. The fourth-order valence-corrected chi connectivity index (χ4v) is 0.685. The van der Waals surface area contributed by atoms with Gasteiger partial charge in [-0.2, -0.15) is 0 Å². The number of ether oxygens (including phenoxy) is 1. The zero-order chi connectivity index (χ0) is 11.8. The lowest BCUT2D eigenvalue weighted by Crippen LogP contribution is -1.94. The van der Waals surface area contributed by atoms with Crippen LogP contribution < -0.4 is 0 Å². The maximum absolute atomic E-state index is 13.0. The molecule has 0 radical (unpaired) electrons. The highest BCUT2D eigenvalue weighted by Gasteiger charge is 1.96. The number of hydrogen-bond donors (Lipinski definition) is 0. The molecule has 0 amide bonds. The molecule has 0 aliphatic heterocycles. The molecule has 3 nitrogen and oxygen atoms in total. The van der Waals surface area contributed by atoms with Gasteiger partial charge in [-0.15, -0.1) is 0 Å². The van der Waals surface area contributed by atoms with Crippen LogP contribution in [0.3, 0.4) is 0 Å². The standard InChI is InChI=1S/C11H13FO3/c1-8(6-11(14)15-3)4-5-10(12)9(2)7-13/h4-7H,1-3H3/b5-4+,8-6+,10-9-. The summed E-state index contributed by atoms with van der Waals surface area (Å²) in [6.07, 6.45) is 4.16. The first-order valence-corrected chi connectivity index (χ1v) is 4.27. The Kier molecular flexibility index (Phi) is 5.94. The molecule has 0 spiro atoms. The van der Waals surface area contributed by atoms with Crippen molar-refractivity contribution in [2.45, 2.75) is 13.8 Å². The van der Waals surface area contributed by atoms with E-state index < -0.39 is 11.8 Å². The molecule has 0 saturated heterocycles. The van der Waals surface area contributed by atoms with E-state index in [1.807, 2.05) is 0 Å². The lowest BCUT2D eigenvalue weighted by Gasteiger charge is -1.93. The van der Waals surface area contributed by atoms with Gasteiger partial charge in [-0.05, 0) is 25.5 Å². The summed E-state index contributed by atoms with van der Waals surface area (Å²) in [5.41, 5.74) is 0.549. The average molecular weight is 212 g/mol. The molecule has 0 heterocycles. The topological polar surface area (TPSA) is 43.4 Å². The van der Waals surface area contributed by atoms with Gasteiger partial charge >= 0.3 is 5.97 Å². The first-order valence-electron chi connectivity index (χ1n) is 4.27. The van der Waals surface area contributed by atoms with Gasteiger partial charge in [0.25, 0.3) is 0 Å². The summed E-state index contributed by atoms with van der Waals surface area (Å²) in [5, 5.41) is 0. The van der Waals surface area contributed by atoms with E-state index in [4.69, 9.17) is 0 Å². The van der Waals surface area contributed by atoms with Crippen LogP contribution in [-0.2, 0) is 14.3 Å². The molecule has 0 fully saturated rings. The van der Waals surface area contributed by atoms with Crippen LogP contribution in [0.15, 0.2) is 35.2 Å². The molecule has 0 unspecified atom stereocenters. The second-order valence-corrected chi connectivity index (χ2v) is 2.89. The summed E-state index contributed by atoms with van der Waals surface area (Å²) in [5.74, 6) is -1.13. The van der Waals surface area contributed by atoms with E-state index in [0.29, 0.717) is 11.9 Å². The predicted octanol–water partition coefficient (Wildman–Crippen LogP) is 2.10. The highest BCUT2D eigenvalue weighted by Crippen LogP contribution is 2.07. The highest BCUT2D eigenvalue weighted by atomic mass is 19.1. The molecule has 0 aromatic rings. The third-order valence-corrected chi connectivity index (χ3v) is 1.59. The predicted molar refractivity (Wildman–Crippen MR) is 54.8 cm³/mol. The average Bonchev–Trinajstić information content (AvgIpc) is 2.24. The van der Waals surface area contributed by atoms with Gasteiger partial charge in [0, 0.05) is 11.6 Å². The molecule has 15 heavy (non-hydrogen) atoms. The van der Waals surface area contributed by atoms with Crippen molar-refractivity contribution >= 4 is 12.3 Å². The van der Waals surface area contributed by atoms with E-state index in [9.17, 15) is 14.0 Å². The number of allylic oxidation sites excluding steroid dienone is 5. The zero-order valence-electron chi connectivity index (χ0n) is 8.91. The molecule has 0 rings (SSSR count). The SMILES string of the molecule is COC(=O)/C=C(C)/C=C/C(F)=C(\C)C=O. The third kappa shape index (κ3) is 5.57. The molecular formula is C11H13FO3. The Balaban J connectivity index is 4.61. The minimum atomic E-state index is -0.623. The number of carbonyl (C=O) groups is 2. The summed E-state index contributed by atoms with van der Waals surface area (Å²) in [4.78, 5) is 21.0. The van der Waals surface area contributed by atoms with Gasteiger partial charge < -0.3 is 4.74 Å². The van der Waals surface area contributed by atoms with Crippen molar-refractivity contribution in [1.29, 1.82) is 0 Å². The molecular weight excluding hydrogens is 199 g/mol. The van der Waals surface area contributed by atoms with Crippen LogP contribution in [0.2, 0.25) is 0 Å². The summed E-state index contributed by atoms with van der Waals surface area (Å²) in [7, 11) is 1.26. The largest absolute Gasteiger partial charge is 0.466 e. The lowest BCUT2D eigenvalue weighted by molar-refractivity contribution is -0.134. The van der Waals surface area contributed by atoms with Gasteiger partial charge in [-0.1, -0.05) is 6.08 Å². The Morgan fingerprint density at radius 3 is 2.33 bits per heavy atom. The van der Waals surface area contributed by atoms with Crippen molar-refractivity contribution in [3.05, 3.63) is 35.2 Å². The van der Waals surface area contributed by atoms with E-state index in [2.05, 4.69) is 4.74 Å². The highest BCUT2D eigenvalue weighted by molar-refractivity contribution is 5.83. The quantitative estimate of drug-likeness (QED) is 0.310. The molecule has 0 aliphatic rings. The van der Waals surface area contributed by atoms with E-state index in [0.717, 1.165) is 6.08 Å². The first kappa shape index (κ1) is 13.3. The van der Waals surface area contributed by atoms with Gasteiger partial charge in [0.1, 0.15) is 12.1 Å². The maximum Gasteiger partial charge on any atom is 0.330 e. The fourth-order valence-electron chi connectivity index (χ4n) is 0.685. The van der Waals surface area contributed by atoms with Gasteiger partial charge in [-0.3, -0.25) is 4.79 Å². The van der Waals surface area contributed by atoms with Crippen molar-refractivity contribution in [1.82, 2.24) is 0 Å². The van der Waals surface area contributed by atoms with E-state index in [-0.39, 0.29) is 5.57 Å². The van der Waals surface area contributed by atoms with Crippen molar-refractivity contribution in [2.75, 3.05) is 7.11 Å². The number of halogens is 1. The Hall–Kier alpha value is -1.71. The summed E-state index contributed by atoms with van der Waals surface area (Å²) < 4.78 is 17.4. The molecule has 0 aromatic heterocycles. The van der Waals surface area contributed by atoms with Crippen LogP contribution in [0.4, 0.5) is 4.39 Å². The Labute approximate surface area is 87.9 Å². The van der Waals surface area contributed by atoms with Crippen molar-refractivity contribution < 1.29 is 18.7 Å². The van der Waals surface area contributed by atoms with Crippen molar-refractivity contribution in [3.63, 3.8) is 0 Å². The minimum Gasteiger partial charge on any atom is -0.466 e. The Morgan fingerprint density at radius 1 is 1.27 bits per heavy atom. The van der Waals surface area contributed by atoms with Crippen LogP contribution in [0.5, 0.6) is 0 Å². The monoisotopic (exact) mass is 212 g/mol. The molecule has 0 aliphatic carbocycles. The van der Waals surface area contributed by atoms with Crippen LogP contribution in [0, 0.1) is 0 Å². The summed E-state index contributed by atoms with van der Waals surface area (Å²) in [6.45, 7) is 2.99. The smallest absolute Gasteiger partial charge is 0.330 e. The number of esters is 1. The first-order chi connectivity index (χ1) is 7.01. The van der Waals surface area contributed by atoms with Gasteiger partial charge in [0.05, 0.1) is 7.11 Å². The van der Waals surface area contributed by atoms with E-state index in [1.54, 1.807) is 6.92 Å². The molecule has 0 aromatic carbocycles. The number of methoxy groups -OCH3 is 1. The zero-order valence-corrected chi connectivity index (χ0v) is 8.91. The van der Waals surface area contributed by atoms with Crippen LogP contribution in [-0.4, -0.2) is 19.4 Å².